The number of thiazole rings is 1. The molecule has 25 heavy (non-hydrogen) atoms. The Balaban J connectivity index is 1.48. The molecule has 3 aromatic rings. The molecule has 0 radical (unpaired) electrons. The molecule has 1 saturated heterocycles. The molecular weight excluding hydrogens is 337 g/mol. The van der Waals surface area contributed by atoms with Crippen molar-refractivity contribution in [1.29, 1.82) is 0 Å². The molecule has 0 spiro atoms. The Labute approximate surface area is 149 Å². The molecule has 0 saturated carbocycles. The lowest BCUT2D eigenvalue weighted by atomic mass is 10.2. The number of benzene rings is 2. The van der Waals surface area contributed by atoms with Gasteiger partial charge in [0.2, 0.25) is 0 Å². The van der Waals surface area contributed by atoms with E-state index in [1.807, 2.05) is 23.1 Å². The first-order valence-corrected chi connectivity index (χ1v) is 9.22. The summed E-state index contributed by atoms with van der Waals surface area (Å²) < 4.78 is 14.1. The van der Waals surface area contributed by atoms with E-state index in [1.165, 1.54) is 12.1 Å². The molecule has 2 heterocycles. The molecule has 0 unspecified atom stereocenters. The third-order valence-corrected chi connectivity index (χ3v) is 5.34. The highest BCUT2D eigenvalue weighted by atomic mass is 32.1. The zero-order valence-electron chi connectivity index (χ0n) is 13.7. The number of anilines is 1. The highest BCUT2D eigenvalue weighted by Crippen LogP contribution is 2.21. The lowest BCUT2D eigenvalue weighted by Crippen LogP contribution is -2.35. The van der Waals surface area contributed by atoms with Gasteiger partial charge in [-0.05, 0) is 48.9 Å². The van der Waals surface area contributed by atoms with Crippen LogP contribution in [0.1, 0.15) is 16.8 Å². The van der Waals surface area contributed by atoms with Gasteiger partial charge < -0.3 is 9.80 Å². The van der Waals surface area contributed by atoms with Crippen LogP contribution < -0.4 is 4.90 Å². The van der Waals surface area contributed by atoms with E-state index < -0.39 is 0 Å². The summed E-state index contributed by atoms with van der Waals surface area (Å²) in [6.45, 7) is 3.01. The molecule has 1 aromatic heterocycles. The number of fused-ring (bicyclic) bond motifs is 1. The minimum absolute atomic E-state index is 0.0660. The molecule has 0 atom stereocenters. The Morgan fingerprint density at radius 2 is 1.88 bits per heavy atom. The number of amides is 1. The fourth-order valence-corrected chi connectivity index (χ4v) is 3.92. The molecule has 0 N–H and O–H groups in total. The fraction of sp³-hybridized carbons (Fsp3) is 0.263. The average molecular weight is 355 g/mol. The third-order valence-electron chi connectivity index (χ3n) is 4.55. The highest BCUT2D eigenvalue weighted by Gasteiger charge is 2.21. The van der Waals surface area contributed by atoms with Crippen LogP contribution in [0.25, 0.3) is 10.2 Å². The van der Waals surface area contributed by atoms with Gasteiger partial charge in [0.1, 0.15) is 5.82 Å². The van der Waals surface area contributed by atoms with Crippen LogP contribution in [0.2, 0.25) is 0 Å². The lowest BCUT2D eigenvalue weighted by molar-refractivity contribution is 0.0767. The second-order valence-electron chi connectivity index (χ2n) is 6.14. The first-order valence-electron chi connectivity index (χ1n) is 8.34. The molecule has 1 aliphatic heterocycles. The Hall–Kier alpha value is -2.47. The molecule has 128 valence electrons. The van der Waals surface area contributed by atoms with Gasteiger partial charge in [0.05, 0.1) is 15.7 Å². The van der Waals surface area contributed by atoms with Crippen molar-refractivity contribution in [3.05, 3.63) is 59.4 Å². The number of hydrogen-bond donors (Lipinski definition) is 0. The monoisotopic (exact) mass is 355 g/mol. The molecular formula is C19H18FN3OS. The topological polar surface area (TPSA) is 36.4 Å². The quantitative estimate of drug-likeness (QED) is 0.702. The van der Waals surface area contributed by atoms with E-state index in [0.717, 1.165) is 42.0 Å². The first-order chi connectivity index (χ1) is 12.2. The SMILES string of the molecule is O=C(c1ccc2ncsc2c1)N1CCCN(c2ccc(F)cc2)CC1. The summed E-state index contributed by atoms with van der Waals surface area (Å²) in [6.07, 6.45) is 0.895. The number of rotatable bonds is 2. The van der Waals surface area contributed by atoms with Gasteiger partial charge in [0.15, 0.2) is 0 Å². The molecule has 4 rings (SSSR count). The maximum Gasteiger partial charge on any atom is 0.253 e. The second kappa shape index (κ2) is 6.80. The summed E-state index contributed by atoms with van der Waals surface area (Å²) in [5.41, 5.74) is 4.44. The molecule has 1 amide bonds. The predicted octanol–water partition coefficient (Wildman–Crippen LogP) is 3.79. The molecule has 0 bridgehead atoms. The van der Waals surface area contributed by atoms with E-state index in [4.69, 9.17) is 0 Å². The third kappa shape index (κ3) is 3.35. The fourth-order valence-electron chi connectivity index (χ4n) is 3.20. The number of carbonyl (C=O) groups is 1. The second-order valence-corrected chi connectivity index (χ2v) is 7.03. The van der Waals surface area contributed by atoms with E-state index >= 15 is 0 Å². The Morgan fingerprint density at radius 3 is 2.72 bits per heavy atom. The largest absolute Gasteiger partial charge is 0.370 e. The van der Waals surface area contributed by atoms with E-state index in [0.29, 0.717) is 12.1 Å². The molecule has 4 nitrogen and oxygen atoms in total. The minimum Gasteiger partial charge on any atom is -0.370 e. The number of carbonyl (C=O) groups excluding carboxylic acids is 1. The van der Waals surface area contributed by atoms with Crippen molar-refractivity contribution >= 4 is 33.1 Å². The Bertz CT molecular complexity index is 893. The van der Waals surface area contributed by atoms with Crippen LogP contribution in [-0.2, 0) is 0 Å². The summed E-state index contributed by atoms with van der Waals surface area (Å²) >= 11 is 1.55. The van der Waals surface area contributed by atoms with Crippen LogP contribution in [0.3, 0.4) is 0 Å². The van der Waals surface area contributed by atoms with Gasteiger partial charge in [-0.2, -0.15) is 0 Å². The molecule has 1 aliphatic rings. The zero-order chi connectivity index (χ0) is 17.2. The number of nitrogens with zero attached hydrogens (tertiary/aromatic N) is 3. The molecule has 0 aliphatic carbocycles. The van der Waals surface area contributed by atoms with Crippen molar-refractivity contribution in [2.45, 2.75) is 6.42 Å². The standard InChI is InChI=1S/C19H18FN3OS/c20-15-3-5-16(6-4-15)22-8-1-9-23(11-10-22)19(24)14-2-7-17-18(12-14)25-13-21-17/h2-7,12-13H,1,8-11H2. The zero-order valence-corrected chi connectivity index (χ0v) is 14.5. The summed E-state index contributed by atoms with van der Waals surface area (Å²) in [6, 6.07) is 12.2. The number of halogens is 1. The van der Waals surface area contributed by atoms with Crippen LogP contribution in [0.5, 0.6) is 0 Å². The summed E-state index contributed by atoms with van der Waals surface area (Å²) in [7, 11) is 0. The van der Waals surface area contributed by atoms with Crippen molar-refractivity contribution < 1.29 is 9.18 Å². The van der Waals surface area contributed by atoms with Crippen molar-refractivity contribution in [1.82, 2.24) is 9.88 Å². The Morgan fingerprint density at radius 1 is 1.04 bits per heavy atom. The van der Waals surface area contributed by atoms with Crippen LogP contribution in [0.4, 0.5) is 10.1 Å². The van der Waals surface area contributed by atoms with Crippen LogP contribution in [0, 0.1) is 5.82 Å². The summed E-state index contributed by atoms with van der Waals surface area (Å²) in [5, 5.41) is 0. The maximum absolute atomic E-state index is 13.1. The van der Waals surface area contributed by atoms with E-state index in [-0.39, 0.29) is 11.7 Å². The smallest absolute Gasteiger partial charge is 0.253 e. The van der Waals surface area contributed by atoms with Crippen LogP contribution in [0.15, 0.2) is 48.0 Å². The minimum atomic E-state index is -0.228. The number of aromatic nitrogens is 1. The molecule has 6 heteroatoms. The van der Waals surface area contributed by atoms with Gasteiger partial charge in [-0.25, -0.2) is 9.37 Å². The molecule has 2 aromatic carbocycles. The number of hydrogen-bond acceptors (Lipinski definition) is 4. The van der Waals surface area contributed by atoms with Gasteiger partial charge in [-0.15, -0.1) is 11.3 Å². The summed E-state index contributed by atoms with van der Waals surface area (Å²) in [5.74, 6) is -0.162. The first kappa shape index (κ1) is 16.0. The normalized spacial score (nSPS) is 15.4. The van der Waals surface area contributed by atoms with E-state index in [1.54, 1.807) is 29.0 Å². The highest BCUT2D eigenvalue weighted by molar-refractivity contribution is 7.16. The van der Waals surface area contributed by atoms with E-state index in [2.05, 4.69) is 9.88 Å². The van der Waals surface area contributed by atoms with Crippen LogP contribution in [-0.4, -0.2) is 42.0 Å². The van der Waals surface area contributed by atoms with Gasteiger partial charge in [0.25, 0.3) is 5.91 Å². The Kier molecular flexibility index (Phi) is 4.36. The molecule has 1 fully saturated rings. The lowest BCUT2D eigenvalue weighted by Gasteiger charge is -2.23. The average Bonchev–Trinajstić information content (AvgIpc) is 2.97. The van der Waals surface area contributed by atoms with Crippen LogP contribution >= 0.6 is 11.3 Å². The van der Waals surface area contributed by atoms with Crippen molar-refractivity contribution in [2.24, 2.45) is 0 Å². The van der Waals surface area contributed by atoms with Crippen molar-refractivity contribution in [2.75, 3.05) is 31.1 Å². The maximum atomic E-state index is 13.1. The van der Waals surface area contributed by atoms with Gasteiger partial charge >= 0.3 is 0 Å². The predicted molar refractivity (Wildman–Crippen MR) is 98.8 cm³/mol. The van der Waals surface area contributed by atoms with Gasteiger partial charge in [-0.3, -0.25) is 4.79 Å². The summed E-state index contributed by atoms with van der Waals surface area (Å²) in [4.78, 5) is 21.2. The van der Waals surface area contributed by atoms with Gasteiger partial charge in [-0.1, -0.05) is 0 Å². The van der Waals surface area contributed by atoms with Gasteiger partial charge in [0, 0.05) is 37.4 Å². The van der Waals surface area contributed by atoms with Crippen molar-refractivity contribution in [3.8, 4) is 0 Å². The van der Waals surface area contributed by atoms with Crippen molar-refractivity contribution in [3.63, 3.8) is 0 Å². The van der Waals surface area contributed by atoms with E-state index in [9.17, 15) is 9.18 Å².